The molecule has 0 aromatic carbocycles. The first-order valence-corrected chi connectivity index (χ1v) is 20.8. The molecule has 54 heavy (non-hydrogen) atoms. The Morgan fingerprint density at radius 3 is 1.94 bits per heavy atom. The molecule has 2 aliphatic heterocycles. The van der Waals surface area contributed by atoms with E-state index in [0.29, 0.717) is 32.5 Å². The molecule has 7 atom stereocenters. The van der Waals surface area contributed by atoms with Crippen LogP contribution < -0.4 is 21.7 Å². The molecule has 2 spiro atoms. The van der Waals surface area contributed by atoms with E-state index in [1.807, 2.05) is 34.6 Å². The molecule has 6 aliphatic rings. The van der Waals surface area contributed by atoms with Gasteiger partial charge in [-0.3, -0.25) is 24.0 Å². The highest BCUT2D eigenvalue weighted by Crippen LogP contribution is 2.88. The lowest BCUT2D eigenvalue weighted by Gasteiger charge is -2.40. The van der Waals surface area contributed by atoms with Crippen molar-refractivity contribution in [1.82, 2.24) is 25.8 Å². The number of nitrogens with one attached hydrogen (secondary N) is 3. The number of amides is 6. The quantitative estimate of drug-likeness (QED) is 0.232. The molecule has 4 saturated carbocycles. The van der Waals surface area contributed by atoms with E-state index in [0.717, 1.165) is 70.6 Å². The summed E-state index contributed by atoms with van der Waals surface area (Å²) in [7, 11) is 0. The first kappa shape index (κ1) is 40.4. The van der Waals surface area contributed by atoms with Crippen LogP contribution in [0.4, 0.5) is 4.79 Å². The number of rotatable bonds is 11. The summed E-state index contributed by atoms with van der Waals surface area (Å²) in [6.45, 7) is 15.3. The van der Waals surface area contributed by atoms with Gasteiger partial charge >= 0.3 is 6.03 Å². The van der Waals surface area contributed by atoms with Gasteiger partial charge in [0.15, 0.2) is 0 Å². The van der Waals surface area contributed by atoms with Crippen LogP contribution in [-0.2, 0) is 28.7 Å². The third-order valence-corrected chi connectivity index (χ3v) is 14.9. The summed E-state index contributed by atoms with van der Waals surface area (Å²) in [5.74, 6) is -2.67. The number of carbonyl (C=O) groups is 6. The first-order chi connectivity index (χ1) is 25.3. The van der Waals surface area contributed by atoms with Crippen molar-refractivity contribution in [3.05, 3.63) is 0 Å². The average molecular weight is 755 g/mol. The number of nitrogens with zero attached hydrogens (tertiary/aromatic N) is 2. The van der Waals surface area contributed by atoms with Crippen LogP contribution in [0.2, 0.25) is 0 Å². The van der Waals surface area contributed by atoms with Gasteiger partial charge in [0.25, 0.3) is 5.91 Å². The SMILES string of the molecule is C[C@@H]1CN(C(=O)[C@@H](NC(=O)N[C@H](C(=O)N2CC3(C[C@H]2C(=O)NC(CC2CCC2)C(=O)C(N)=O)C(C)(C)C32CCC2)C(C)(C)C)C2CCCCC2)C[C@H](C)O1. The lowest BCUT2D eigenvalue weighted by atomic mass is 9.73. The molecule has 13 heteroatoms. The van der Waals surface area contributed by atoms with Gasteiger partial charge in [-0.2, -0.15) is 0 Å². The van der Waals surface area contributed by atoms with Gasteiger partial charge in [0.05, 0.1) is 18.2 Å². The topological polar surface area (TPSA) is 180 Å². The van der Waals surface area contributed by atoms with E-state index in [2.05, 4.69) is 29.8 Å². The molecule has 6 amide bonds. The Morgan fingerprint density at radius 2 is 1.44 bits per heavy atom. The summed E-state index contributed by atoms with van der Waals surface area (Å²) in [4.78, 5) is 86.0. The normalized spacial score (nSPS) is 30.8. The minimum absolute atomic E-state index is 0.0199. The standard InChI is InChI=1S/C41H66N6O7/c1-24-21-46(22-25(2)54-24)35(51)30(27-15-9-8-10-16-27)44-37(53)45-32(38(3,4)5)36(52)47-23-41(39(6,7)40(41)17-12-18-40)20-29(47)34(50)43-28(31(48)33(42)49)19-26-13-11-14-26/h24-30,32H,8-23H2,1-7H3,(H2,42,49)(H,43,50)(H2,44,45,53)/t24-,25+,28?,29-,30-,32+,41?/m0/s1. The van der Waals surface area contributed by atoms with Crippen molar-refractivity contribution in [3.63, 3.8) is 0 Å². The van der Waals surface area contributed by atoms with Crippen molar-refractivity contribution >= 4 is 35.4 Å². The molecule has 0 aromatic rings. The molecule has 2 saturated heterocycles. The third-order valence-electron chi connectivity index (χ3n) is 14.9. The molecule has 2 heterocycles. The average Bonchev–Trinajstić information content (AvgIpc) is 3.27. The van der Waals surface area contributed by atoms with Crippen molar-refractivity contribution in [2.75, 3.05) is 19.6 Å². The molecular weight excluding hydrogens is 688 g/mol. The Bertz CT molecular complexity index is 1480. The number of nitrogens with two attached hydrogens (primary N) is 1. The molecule has 6 rings (SSSR count). The Balaban J connectivity index is 1.24. The predicted molar refractivity (Wildman–Crippen MR) is 203 cm³/mol. The van der Waals surface area contributed by atoms with Crippen molar-refractivity contribution < 1.29 is 33.5 Å². The van der Waals surface area contributed by atoms with Gasteiger partial charge in [-0.1, -0.05) is 79.6 Å². The fourth-order valence-corrected chi connectivity index (χ4v) is 11.3. The van der Waals surface area contributed by atoms with E-state index in [4.69, 9.17) is 10.5 Å². The summed E-state index contributed by atoms with van der Waals surface area (Å²) < 4.78 is 5.89. The number of likely N-dealkylation sites (tertiary alicyclic amines) is 1. The molecule has 0 bridgehead atoms. The molecule has 5 N–H and O–H groups in total. The maximum absolute atomic E-state index is 15.0. The summed E-state index contributed by atoms with van der Waals surface area (Å²) >= 11 is 0. The molecular formula is C41H66N6O7. The van der Waals surface area contributed by atoms with Crippen LogP contribution in [0.3, 0.4) is 0 Å². The molecule has 302 valence electrons. The number of ketones is 1. The molecule has 13 nitrogen and oxygen atoms in total. The molecule has 0 radical (unpaired) electrons. The van der Waals surface area contributed by atoms with Gasteiger partial charge < -0.3 is 36.2 Å². The zero-order valence-electron chi connectivity index (χ0n) is 33.8. The lowest BCUT2D eigenvalue weighted by molar-refractivity contribution is -0.146. The van der Waals surface area contributed by atoms with E-state index in [-0.39, 0.29) is 52.1 Å². The minimum Gasteiger partial charge on any atom is -0.372 e. The zero-order chi connectivity index (χ0) is 39.4. The maximum Gasteiger partial charge on any atom is 0.316 e. The van der Waals surface area contributed by atoms with E-state index in [1.165, 1.54) is 0 Å². The fraction of sp³-hybridized carbons (Fsp3) is 0.854. The van der Waals surface area contributed by atoms with Crippen LogP contribution in [0.25, 0.3) is 0 Å². The van der Waals surface area contributed by atoms with Crippen LogP contribution in [0.15, 0.2) is 0 Å². The fourth-order valence-electron chi connectivity index (χ4n) is 11.3. The van der Waals surface area contributed by atoms with Gasteiger partial charge in [0.1, 0.15) is 18.1 Å². The number of Topliss-reactive ketones (excluding diaryl/α,β-unsaturated/α-hetero) is 1. The van der Waals surface area contributed by atoms with Crippen LogP contribution in [0, 0.1) is 33.5 Å². The van der Waals surface area contributed by atoms with E-state index in [9.17, 15) is 28.8 Å². The Kier molecular flexibility index (Phi) is 11.3. The highest BCUT2D eigenvalue weighted by molar-refractivity contribution is 6.37. The maximum atomic E-state index is 15.0. The first-order valence-electron chi connectivity index (χ1n) is 20.8. The number of carbonyl (C=O) groups excluding carboxylic acids is 6. The molecule has 4 aliphatic carbocycles. The summed E-state index contributed by atoms with van der Waals surface area (Å²) in [6.07, 6.45) is 11.3. The van der Waals surface area contributed by atoms with E-state index >= 15 is 0 Å². The van der Waals surface area contributed by atoms with Crippen LogP contribution in [0.1, 0.15) is 132 Å². The zero-order valence-corrected chi connectivity index (χ0v) is 33.8. The minimum atomic E-state index is -1.09. The smallest absolute Gasteiger partial charge is 0.316 e. The lowest BCUT2D eigenvalue weighted by Crippen LogP contribution is -2.63. The van der Waals surface area contributed by atoms with Crippen LogP contribution >= 0.6 is 0 Å². The Labute approximate surface area is 321 Å². The highest BCUT2D eigenvalue weighted by Gasteiger charge is 2.85. The number of urea groups is 1. The molecule has 6 fully saturated rings. The predicted octanol–water partition coefficient (Wildman–Crippen LogP) is 3.81. The van der Waals surface area contributed by atoms with Crippen molar-refractivity contribution in [1.29, 1.82) is 0 Å². The van der Waals surface area contributed by atoms with E-state index < -0.39 is 53.2 Å². The highest BCUT2D eigenvalue weighted by atomic mass is 16.5. The second-order valence-electron chi connectivity index (χ2n) is 19.4. The van der Waals surface area contributed by atoms with Crippen molar-refractivity contribution in [2.24, 2.45) is 39.2 Å². The van der Waals surface area contributed by atoms with Crippen LogP contribution in [0.5, 0.6) is 0 Å². The number of fused-ring (bicyclic) bond motifs is 1. The van der Waals surface area contributed by atoms with Crippen molar-refractivity contribution in [2.45, 2.75) is 168 Å². The molecule has 2 unspecified atom stereocenters. The third kappa shape index (κ3) is 7.27. The van der Waals surface area contributed by atoms with Gasteiger partial charge in [-0.15, -0.1) is 0 Å². The Morgan fingerprint density at radius 1 is 0.815 bits per heavy atom. The monoisotopic (exact) mass is 754 g/mol. The molecule has 0 aromatic heterocycles. The van der Waals surface area contributed by atoms with Gasteiger partial charge in [0, 0.05) is 25.0 Å². The van der Waals surface area contributed by atoms with Crippen molar-refractivity contribution in [3.8, 4) is 0 Å². The summed E-state index contributed by atoms with van der Waals surface area (Å²) in [5.41, 5.74) is 4.30. The second-order valence-corrected chi connectivity index (χ2v) is 19.4. The summed E-state index contributed by atoms with van der Waals surface area (Å²) in [6, 6.07) is -4.30. The Hall–Kier alpha value is -3.22. The number of primary amides is 1. The number of morpholine rings is 1. The van der Waals surface area contributed by atoms with Gasteiger partial charge in [-0.25, -0.2) is 4.79 Å². The number of hydrogen-bond donors (Lipinski definition) is 4. The number of ether oxygens (including phenoxy) is 1. The number of hydrogen-bond acceptors (Lipinski definition) is 7. The van der Waals surface area contributed by atoms with Crippen LogP contribution in [-0.4, -0.2) is 101 Å². The van der Waals surface area contributed by atoms with E-state index in [1.54, 1.807) is 9.80 Å². The van der Waals surface area contributed by atoms with Gasteiger partial charge in [-0.05, 0) is 80.5 Å². The second kappa shape index (κ2) is 15.0. The van der Waals surface area contributed by atoms with Gasteiger partial charge in [0.2, 0.25) is 23.5 Å². The largest absolute Gasteiger partial charge is 0.372 e. The summed E-state index contributed by atoms with van der Waals surface area (Å²) in [5, 5.41) is 8.90.